The van der Waals surface area contributed by atoms with E-state index in [0.717, 1.165) is 6.42 Å². The molecule has 2 nitrogen and oxygen atoms in total. The van der Waals surface area contributed by atoms with Crippen LogP contribution >= 0.6 is 0 Å². The first-order chi connectivity index (χ1) is 19.6. The summed E-state index contributed by atoms with van der Waals surface area (Å²) in [5.74, 6) is 0. The minimum absolute atomic E-state index is 0.0372. The third kappa shape index (κ3) is 9.16. The summed E-state index contributed by atoms with van der Waals surface area (Å²) in [6.45, 7) is 22.1. The summed E-state index contributed by atoms with van der Waals surface area (Å²) < 4.78 is 6.47. The van der Waals surface area contributed by atoms with Gasteiger partial charge in [-0.3, -0.25) is 0 Å². The molecule has 0 aromatic rings. The fraction of sp³-hybridized carbons (Fsp3) is 0.500. The summed E-state index contributed by atoms with van der Waals surface area (Å²) in [4.78, 5) is 0. The predicted molar refractivity (Wildman–Crippen MR) is 182 cm³/mol. The number of fused-ring (bicyclic) bond motifs is 1. The van der Waals surface area contributed by atoms with E-state index >= 15 is 0 Å². The molecular formula is C40H56O2. The van der Waals surface area contributed by atoms with Gasteiger partial charge in [-0.1, -0.05) is 123 Å². The highest BCUT2D eigenvalue weighted by Gasteiger charge is 2.50. The highest BCUT2D eigenvalue weighted by Crippen LogP contribution is 2.52. The van der Waals surface area contributed by atoms with E-state index in [1.54, 1.807) is 0 Å². The average molecular weight is 569 g/mol. The number of hydrogen-bond donors (Lipinski definition) is 1. The third-order valence-electron chi connectivity index (χ3n) is 9.15. The second-order valence-corrected chi connectivity index (χ2v) is 14.3. The normalized spacial score (nSPS) is 29.5. The zero-order valence-corrected chi connectivity index (χ0v) is 28.1. The average Bonchev–Trinajstić information content (AvgIpc) is 3.23. The minimum Gasteiger partial charge on any atom is -0.393 e. The van der Waals surface area contributed by atoms with Crippen LogP contribution in [-0.4, -0.2) is 22.9 Å². The van der Waals surface area contributed by atoms with Gasteiger partial charge in [0.15, 0.2) is 0 Å². The molecule has 228 valence electrons. The van der Waals surface area contributed by atoms with E-state index in [-0.39, 0.29) is 28.6 Å². The van der Waals surface area contributed by atoms with Crippen molar-refractivity contribution >= 4 is 0 Å². The lowest BCUT2D eigenvalue weighted by atomic mass is 9.65. The number of allylic oxidation sites excluding steroid dienone is 17. The Morgan fingerprint density at radius 2 is 1.36 bits per heavy atom. The topological polar surface area (TPSA) is 29.5 Å². The van der Waals surface area contributed by atoms with Crippen molar-refractivity contribution < 1.29 is 9.84 Å². The molecule has 0 bridgehead atoms. The van der Waals surface area contributed by atoms with E-state index in [2.05, 4.69) is 148 Å². The van der Waals surface area contributed by atoms with E-state index in [1.807, 2.05) is 0 Å². The van der Waals surface area contributed by atoms with Crippen molar-refractivity contribution in [3.05, 3.63) is 118 Å². The number of ether oxygens (including phenoxy) is 1. The molecule has 2 aliphatic carbocycles. The highest BCUT2D eigenvalue weighted by molar-refractivity contribution is 5.39. The van der Waals surface area contributed by atoms with Gasteiger partial charge in [0.2, 0.25) is 0 Å². The van der Waals surface area contributed by atoms with Crippen molar-refractivity contribution in [2.75, 3.05) is 0 Å². The van der Waals surface area contributed by atoms with Gasteiger partial charge in [-0.05, 0) is 101 Å². The van der Waals surface area contributed by atoms with Gasteiger partial charge in [0.25, 0.3) is 0 Å². The first-order valence-electron chi connectivity index (χ1n) is 15.8. The second-order valence-electron chi connectivity index (χ2n) is 14.3. The smallest absolute Gasteiger partial charge is 0.0982 e. The van der Waals surface area contributed by atoms with Crippen molar-refractivity contribution in [1.82, 2.24) is 0 Å². The molecule has 1 fully saturated rings. The minimum atomic E-state index is -0.374. The molecule has 0 aromatic carbocycles. The number of rotatable bonds is 9. The monoisotopic (exact) mass is 568 g/mol. The zero-order chi connectivity index (χ0) is 31.1. The lowest BCUT2D eigenvalue weighted by molar-refractivity contribution is -0.0683. The molecule has 1 saturated carbocycles. The van der Waals surface area contributed by atoms with Crippen molar-refractivity contribution in [1.29, 1.82) is 0 Å². The van der Waals surface area contributed by atoms with Crippen LogP contribution in [0.2, 0.25) is 0 Å². The summed E-state index contributed by atoms with van der Waals surface area (Å²) >= 11 is 0. The van der Waals surface area contributed by atoms with Crippen molar-refractivity contribution in [3.8, 4) is 0 Å². The van der Waals surface area contributed by atoms with E-state index in [0.29, 0.717) is 6.42 Å². The lowest BCUT2D eigenvalue weighted by Crippen LogP contribution is -2.45. The van der Waals surface area contributed by atoms with Gasteiger partial charge in [0.05, 0.1) is 17.8 Å². The van der Waals surface area contributed by atoms with Crippen LogP contribution in [-0.2, 0) is 4.74 Å². The summed E-state index contributed by atoms with van der Waals surface area (Å²) in [5, 5.41) is 10.4. The van der Waals surface area contributed by atoms with Crippen LogP contribution in [0.25, 0.3) is 0 Å². The Bertz CT molecular complexity index is 1290. The molecule has 1 heterocycles. The molecule has 0 amide bonds. The molecule has 2 heteroatoms. The molecule has 0 aromatic heterocycles. The maximum Gasteiger partial charge on any atom is 0.0982 e. The van der Waals surface area contributed by atoms with Crippen molar-refractivity contribution in [3.63, 3.8) is 0 Å². The van der Waals surface area contributed by atoms with Crippen molar-refractivity contribution in [2.24, 2.45) is 10.8 Å². The van der Waals surface area contributed by atoms with Gasteiger partial charge in [0.1, 0.15) is 0 Å². The zero-order valence-electron chi connectivity index (χ0n) is 28.1. The van der Waals surface area contributed by atoms with Gasteiger partial charge < -0.3 is 9.84 Å². The molecular weight excluding hydrogens is 512 g/mol. The van der Waals surface area contributed by atoms with Gasteiger partial charge in [0, 0.05) is 6.42 Å². The molecule has 3 aliphatic rings. The van der Waals surface area contributed by atoms with Gasteiger partial charge in [-0.15, -0.1) is 0 Å². The van der Waals surface area contributed by atoms with Gasteiger partial charge in [-0.2, -0.15) is 0 Å². The standard InChI is InChI=1S/C40H56O2/c1-29(18-13-19-31(3)23-24-35-32(4)22-15-25-38(35,6)7)16-11-12-17-30(2)20-14-21-33(5)36-26-37-39(8,9)27-34(41)28-40(37,10)42-36/h11-14,16-21,23-24,26,34,36,41H,15,22,25,27-28H2,1-10H3/b12-11+,18-13+,20-14+,24-23+,29-16+,30-17+,31-19+,33-21+. The number of hydrogen-bond acceptors (Lipinski definition) is 2. The van der Waals surface area contributed by atoms with E-state index < -0.39 is 0 Å². The van der Waals surface area contributed by atoms with Gasteiger partial charge in [-0.25, -0.2) is 0 Å². The molecule has 42 heavy (non-hydrogen) atoms. The third-order valence-corrected chi connectivity index (χ3v) is 9.15. The fourth-order valence-electron chi connectivity index (χ4n) is 6.85. The first-order valence-corrected chi connectivity index (χ1v) is 15.8. The number of aliphatic hydroxyl groups excluding tert-OH is 1. The lowest BCUT2D eigenvalue weighted by Gasteiger charge is -2.44. The maximum atomic E-state index is 10.4. The summed E-state index contributed by atoms with van der Waals surface area (Å²) in [7, 11) is 0. The number of aliphatic hydroxyl groups is 1. The first kappa shape index (κ1) is 33.8. The summed E-state index contributed by atoms with van der Waals surface area (Å²) in [6, 6.07) is 0. The molecule has 3 rings (SSSR count). The summed E-state index contributed by atoms with van der Waals surface area (Å²) in [5.41, 5.74) is 9.08. The molecule has 1 N–H and O–H groups in total. The SMILES string of the molecule is CC1=C(/C=C/C(C)=C/C=C/C(C)=C/C=C/C=C(C)/C=C/C=C(\C)C2C=C3C(C)(C)CC(O)CC3(C)O2)C(C)(C)CCC1. The molecule has 0 radical (unpaired) electrons. The molecule has 1 aliphatic heterocycles. The second kappa shape index (κ2) is 14.2. The van der Waals surface area contributed by atoms with E-state index in [9.17, 15) is 5.11 Å². The Kier molecular flexibility index (Phi) is 11.4. The van der Waals surface area contributed by atoms with Crippen LogP contribution < -0.4 is 0 Å². The molecule has 3 unspecified atom stereocenters. The van der Waals surface area contributed by atoms with Crippen LogP contribution in [0.1, 0.15) is 101 Å². The largest absolute Gasteiger partial charge is 0.393 e. The van der Waals surface area contributed by atoms with Crippen LogP contribution in [0.5, 0.6) is 0 Å². The van der Waals surface area contributed by atoms with E-state index in [1.165, 1.54) is 58.3 Å². The molecule has 0 spiro atoms. The van der Waals surface area contributed by atoms with Crippen LogP contribution in [0, 0.1) is 10.8 Å². The van der Waals surface area contributed by atoms with Crippen molar-refractivity contribution in [2.45, 2.75) is 119 Å². The fourth-order valence-corrected chi connectivity index (χ4v) is 6.85. The van der Waals surface area contributed by atoms with Crippen LogP contribution in [0.3, 0.4) is 0 Å². The van der Waals surface area contributed by atoms with E-state index in [4.69, 9.17) is 4.74 Å². The van der Waals surface area contributed by atoms with Crippen LogP contribution in [0.4, 0.5) is 0 Å². The Morgan fingerprint density at radius 1 is 0.786 bits per heavy atom. The van der Waals surface area contributed by atoms with Crippen LogP contribution in [0.15, 0.2) is 118 Å². The van der Waals surface area contributed by atoms with Gasteiger partial charge >= 0.3 is 0 Å². The Morgan fingerprint density at radius 3 is 1.98 bits per heavy atom. The Balaban J connectivity index is 1.52. The maximum absolute atomic E-state index is 10.4. The predicted octanol–water partition coefficient (Wildman–Crippen LogP) is 10.8. The summed E-state index contributed by atoms with van der Waals surface area (Å²) in [6.07, 6.45) is 33.0. The highest BCUT2D eigenvalue weighted by atomic mass is 16.5. The quantitative estimate of drug-likeness (QED) is 0.221. The molecule has 0 saturated heterocycles. The Hall–Kier alpha value is -2.68. The Labute approximate surface area is 257 Å². The molecule has 3 atom stereocenters.